The second-order valence-electron chi connectivity index (χ2n) is 6.75. The average molecular weight is 252 g/mol. The van der Waals surface area contributed by atoms with Gasteiger partial charge in [-0.2, -0.15) is 0 Å². The maximum atomic E-state index is 3.44. The molecule has 2 nitrogen and oxygen atoms in total. The lowest BCUT2D eigenvalue weighted by Gasteiger charge is -2.39. The van der Waals surface area contributed by atoms with E-state index in [4.69, 9.17) is 0 Å². The normalized spacial score (nSPS) is 25.7. The number of likely N-dealkylation sites (tertiary alicyclic amines) is 1. The van der Waals surface area contributed by atoms with Gasteiger partial charge in [-0.15, -0.1) is 0 Å². The number of hydrogen-bond donors (Lipinski definition) is 1. The Morgan fingerprint density at radius 3 is 2.39 bits per heavy atom. The van der Waals surface area contributed by atoms with Crippen molar-refractivity contribution in [3.63, 3.8) is 0 Å². The van der Waals surface area contributed by atoms with Crippen LogP contribution in [-0.4, -0.2) is 38.1 Å². The van der Waals surface area contributed by atoms with Gasteiger partial charge in [-0.3, -0.25) is 0 Å². The van der Waals surface area contributed by atoms with Crippen LogP contribution in [0, 0.1) is 11.3 Å². The van der Waals surface area contributed by atoms with Gasteiger partial charge >= 0.3 is 0 Å². The molecular weight excluding hydrogens is 220 g/mol. The quantitative estimate of drug-likeness (QED) is 0.780. The first-order chi connectivity index (χ1) is 8.78. The van der Waals surface area contributed by atoms with Crippen LogP contribution in [0.2, 0.25) is 0 Å². The minimum atomic E-state index is 0.604. The number of rotatable bonds is 6. The van der Waals surface area contributed by atoms with E-state index in [9.17, 15) is 0 Å². The molecular formula is C16H32N2. The van der Waals surface area contributed by atoms with Crippen LogP contribution in [-0.2, 0) is 0 Å². The van der Waals surface area contributed by atoms with Crippen LogP contribution >= 0.6 is 0 Å². The molecule has 0 atom stereocenters. The molecule has 18 heavy (non-hydrogen) atoms. The number of nitrogens with zero attached hydrogens (tertiary/aromatic N) is 1. The predicted octanol–water partition coefficient (Wildman–Crippen LogP) is 3.28. The first kappa shape index (κ1) is 14.3. The van der Waals surface area contributed by atoms with Crippen molar-refractivity contribution >= 4 is 0 Å². The van der Waals surface area contributed by atoms with Crippen molar-refractivity contribution in [1.82, 2.24) is 10.2 Å². The van der Waals surface area contributed by atoms with Crippen molar-refractivity contribution in [3.05, 3.63) is 0 Å². The zero-order valence-corrected chi connectivity index (χ0v) is 12.5. The fraction of sp³-hybridized carbons (Fsp3) is 1.00. The topological polar surface area (TPSA) is 15.3 Å². The molecule has 0 spiro atoms. The smallest absolute Gasteiger partial charge is 0.00501 e. The lowest BCUT2D eigenvalue weighted by molar-refractivity contribution is 0.109. The Labute approximate surface area is 114 Å². The van der Waals surface area contributed by atoms with Crippen molar-refractivity contribution < 1.29 is 0 Å². The highest BCUT2D eigenvalue weighted by molar-refractivity contribution is 4.90. The molecule has 1 N–H and O–H groups in total. The Bertz CT molecular complexity index is 225. The van der Waals surface area contributed by atoms with Gasteiger partial charge in [0.05, 0.1) is 0 Å². The molecule has 2 heteroatoms. The first-order valence-electron chi connectivity index (χ1n) is 8.15. The highest BCUT2D eigenvalue weighted by atomic mass is 15.1. The molecule has 1 aliphatic heterocycles. The molecule has 1 heterocycles. The summed E-state index contributed by atoms with van der Waals surface area (Å²) < 4.78 is 0. The molecule has 2 fully saturated rings. The molecule has 2 aliphatic rings. The zero-order chi connectivity index (χ0) is 12.8. The van der Waals surface area contributed by atoms with E-state index in [1.165, 1.54) is 77.5 Å². The molecule has 0 unspecified atom stereocenters. The molecule has 1 saturated heterocycles. The van der Waals surface area contributed by atoms with Gasteiger partial charge in [0.25, 0.3) is 0 Å². The lowest BCUT2D eigenvalue weighted by atomic mass is 9.84. The molecule has 2 rings (SSSR count). The SMILES string of the molecule is CCCC1CCN(CC2(CNC)CCCC2)CC1. The van der Waals surface area contributed by atoms with Gasteiger partial charge in [0.1, 0.15) is 0 Å². The van der Waals surface area contributed by atoms with E-state index in [0.29, 0.717) is 5.41 Å². The van der Waals surface area contributed by atoms with Crippen LogP contribution < -0.4 is 5.32 Å². The zero-order valence-electron chi connectivity index (χ0n) is 12.5. The third-order valence-corrected chi connectivity index (χ3v) is 5.18. The van der Waals surface area contributed by atoms with Crippen LogP contribution in [0.5, 0.6) is 0 Å². The van der Waals surface area contributed by atoms with E-state index >= 15 is 0 Å². The summed E-state index contributed by atoms with van der Waals surface area (Å²) in [5.74, 6) is 1.02. The molecule has 106 valence electrons. The van der Waals surface area contributed by atoms with Crippen LogP contribution in [0.3, 0.4) is 0 Å². The molecule has 0 aromatic carbocycles. The van der Waals surface area contributed by atoms with E-state index in [1.807, 2.05) is 0 Å². The van der Waals surface area contributed by atoms with Crippen molar-refractivity contribution in [3.8, 4) is 0 Å². The minimum Gasteiger partial charge on any atom is -0.319 e. The third-order valence-electron chi connectivity index (χ3n) is 5.18. The van der Waals surface area contributed by atoms with Gasteiger partial charge < -0.3 is 10.2 Å². The van der Waals surface area contributed by atoms with E-state index < -0.39 is 0 Å². The highest BCUT2D eigenvalue weighted by Crippen LogP contribution is 2.39. The molecule has 1 aliphatic carbocycles. The fourth-order valence-corrected chi connectivity index (χ4v) is 4.21. The Kier molecular flexibility index (Phi) is 5.50. The Hall–Kier alpha value is -0.0800. The van der Waals surface area contributed by atoms with Crippen molar-refractivity contribution in [1.29, 1.82) is 0 Å². The molecule has 0 aromatic rings. The highest BCUT2D eigenvalue weighted by Gasteiger charge is 2.35. The molecule has 0 amide bonds. The summed E-state index contributed by atoms with van der Waals surface area (Å²) in [5.41, 5.74) is 0.604. The Morgan fingerprint density at radius 1 is 1.17 bits per heavy atom. The van der Waals surface area contributed by atoms with Crippen molar-refractivity contribution in [2.75, 3.05) is 33.2 Å². The van der Waals surface area contributed by atoms with Crippen LogP contribution in [0.4, 0.5) is 0 Å². The van der Waals surface area contributed by atoms with E-state index in [1.54, 1.807) is 0 Å². The van der Waals surface area contributed by atoms with Gasteiger partial charge in [-0.25, -0.2) is 0 Å². The van der Waals surface area contributed by atoms with Crippen molar-refractivity contribution in [2.45, 2.75) is 58.3 Å². The molecule has 0 aromatic heterocycles. The average Bonchev–Trinajstić information content (AvgIpc) is 2.81. The molecule has 0 radical (unpaired) electrons. The fourth-order valence-electron chi connectivity index (χ4n) is 4.21. The summed E-state index contributed by atoms with van der Waals surface area (Å²) in [6.07, 6.45) is 11.5. The van der Waals surface area contributed by atoms with E-state index in [0.717, 1.165) is 5.92 Å². The number of piperidine rings is 1. The maximum Gasteiger partial charge on any atom is 0.00501 e. The van der Waals surface area contributed by atoms with Crippen LogP contribution in [0.1, 0.15) is 58.3 Å². The van der Waals surface area contributed by atoms with Crippen LogP contribution in [0.15, 0.2) is 0 Å². The Balaban J connectivity index is 1.79. The third kappa shape index (κ3) is 3.71. The summed E-state index contributed by atoms with van der Waals surface area (Å²) in [5, 5.41) is 3.44. The monoisotopic (exact) mass is 252 g/mol. The number of nitrogens with one attached hydrogen (secondary N) is 1. The maximum absolute atomic E-state index is 3.44. The second kappa shape index (κ2) is 6.91. The second-order valence-corrected chi connectivity index (χ2v) is 6.75. The molecule has 0 bridgehead atoms. The van der Waals surface area contributed by atoms with E-state index in [-0.39, 0.29) is 0 Å². The summed E-state index contributed by atoms with van der Waals surface area (Å²) in [6.45, 7) is 7.62. The number of hydrogen-bond acceptors (Lipinski definition) is 2. The van der Waals surface area contributed by atoms with E-state index in [2.05, 4.69) is 24.2 Å². The van der Waals surface area contributed by atoms with Crippen LogP contribution in [0.25, 0.3) is 0 Å². The predicted molar refractivity (Wildman–Crippen MR) is 78.9 cm³/mol. The van der Waals surface area contributed by atoms with Gasteiger partial charge in [-0.05, 0) is 57.2 Å². The Morgan fingerprint density at radius 2 is 1.83 bits per heavy atom. The summed E-state index contributed by atoms with van der Waals surface area (Å²) in [6, 6.07) is 0. The van der Waals surface area contributed by atoms with Gasteiger partial charge in [-0.1, -0.05) is 32.6 Å². The van der Waals surface area contributed by atoms with Crippen molar-refractivity contribution in [2.24, 2.45) is 11.3 Å². The standard InChI is InChI=1S/C16H32N2/c1-3-6-15-7-11-18(12-8-15)14-16(13-17-2)9-4-5-10-16/h15,17H,3-14H2,1-2H3. The van der Waals surface area contributed by atoms with Gasteiger partial charge in [0.2, 0.25) is 0 Å². The van der Waals surface area contributed by atoms with Gasteiger partial charge in [0.15, 0.2) is 0 Å². The summed E-state index contributed by atoms with van der Waals surface area (Å²) in [4.78, 5) is 2.76. The first-order valence-corrected chi connectivity index (χ1v) is 8.15. The van der Waals surface area contributed by atoms with Gasteiger partial charge in [0, 0.05) is 13.1 Å². The summed E-state index contributed by atoms with van der Waals surface area (Å²) >= 11 is 0. The lowest BCUT2D eigenvalue weighted by Crippen LogP contribution is -2.44. The molecule has 1 saturated carbocycles. The largest absolute Gasteiger partial charge is 0.319 e. The minimum absolute atomic E-state index is 0.604. The summed E-state index contributed by atoms with van der Waals surface area (Å²) in [7, 11) is 2.12.